The molecule has 11 heteroatoms. The molecule has 30 heavy (non-hydrogen) atoms. The van der Waals surface area contributed by atoms with Gasteiger partial charge in [0.15, 0.2) is 0 Å². The molecular formula is C19H19FN4O6-2. The average molecular weight is 418 g/mol. The second-order valence-electron chi connectivity index (χ2n) is 5.43. The van der Waals surface area contributed by atoms with E-state index in [2.05, 4.69) is 15.6 Å². The molecule has 1 heterocycles. The fourth-order valence-electron chi connectivity index (χ4n) is 1.89. The number of carbonyl (C=O) groups is 3. The van der Waals surface area contributed by atoms with Crippen LogP contribution in [-0.2, 0) is 20.9 Å². The quantitative estimate of drug-likeness (QED) is 0.525. The summed E-state index contributed by atoms with van der Waals surface area (Å²) >= 11 is 0. The molecule has 0 aliphatic heterocycles. The predicted molar refractivity (Wildman–Crippen MR) is 102 cm³/mol. The maximum atomic E-state index is 12.8. The number of aromatic nitrogens is 1. The van der Waals surface area contributed by atoms with Gasteiger partial charge in [-0.3, -0.25) is 5.32 Å². The molecule has 1 aromatic heterocycles. The molecule has 0 atom stereocenters. The molecule has 2 aromatic rings. The second kappa shape index (κ2) is 12.3. The third-order valence-electron chi connectivity index (χ3n) is 3.18. The number of nitrogens with one attached hydrogen (secondary N) is 2. The molecule has 1 amide bonds. The van der Waals surface area contributed by atoms with E-state index in [1.165, 1.54) is 12.1 Å². The van der Waals surface area contributed by atoms with Gasteiger partial charge in [-0.2, -0.15) is 0 Å². The van der Waals surface area contributed by atoms with Gasteiger partial charge in [-0.05, 0) is 48.9 Å². The van der Waals surface area contributed by atoms with Gasteiger partial charge in [-0.25, -0.2) is 14.2 Å². The van der Waals surface area contributed by atoms with Crippen LogP contribution in [0.5, 0.6) is 0 Å². The number of benzene rings is 1. The van der Waals surface area contributed by atoms with Crippen molar-refractivity contribution in [3.8, 4) is 0 Å². The van der Waals surface area contributed by atoms with Crippen molar-refractivity contribution in [2.45, 2.75) is 13.5 Å². The smallest absolute Gasteiger partial charge is 0.411 e. The highest BCUT2D eigenvalue weighted by molar-refractivity contribution is 5.88. The van der Waals surface area contributed by atoms with Crippen molar-refractivity contribution >= 4 is 35.4 Å². The molecule has 0 spiro atoms. The van der Waals surface area contributed by atoms with Crippen molar-refractivity contribution in [2.75, 3.05) is 23.0 Å². The predicted octanol–water partition coefficient (Wildman–Crippen LogP) is 0.0258. The first-order valence-corrected chi connectivity index (χ1v) is 8.50. The number of aliphatic carboxylic acids is 2. The van der Waals surface area contributed by atoms with E-state index in [-0.39, 0.29) is 18.2 Å². The number of amides is 1. The number of anilines is 3. The number of carboxylic acids is 2. The second-order valence-corrected chi connectivity index (χ2v) is 5.43. The Balaban J connectivity index is 0.000000479. The lowest BCUT2D eigenvalue weighted by Crippen LogP contribution is -2.23. The number of halogens is 1. The van der Waals surface area contributed by atoms with Crippen LogP contribution >= 0.6 is 0 Å². The van der Waals surface area contributed by atoms with Gasteiger partial charge in [0.2, 0.25) is 0 Å². The lowest BCUT2D eigenvalue weighted by Gasteiger charge is -2.10. The summed E-state index contributed by atoms with van der Waals surface area (Å²) in [5.74, 6) is -2.64. The highest BCUT2D eigenvalue weighted by Gasteiger charge is 2.07. The zero-order valence-electron chi connectivity index (χ0n) is 15.9. The van der Waals surface area contributed by atoms with Gasteiger partial charge >= 0.3 is 6.09 Å². The first-order valence-electron chi connectivity index (χ1n) is 8.50. The Morgan fingerprint density at radius 2 is 1.70 bits per heavy atom. The number of carboxylic acid groups (broad SMARTS) is 2. The molecule has 0 saturated heterocycles. The van der Waals surface area contributed by atoms with Gasteiger partial charge in [0.25, 0.3) is 0 Å². The Labute approximate surface area is 171 Å². The Kier molecular flexibility index (Phi) is 9.82. The van der Waals surface area contributed by atoms with Crippen LogP contribution in [-0.4, -0.2) is 29.6 Å². The van der Waals surface area contributed by atoms with Crippen LogP contribution in [0.25, 0.3) is 0 Å². The van der Waals surface area contributed by atoms with E-state index < -0.39 is 18.0 Å². The van der Waals surface area contributed by atoms with Crippen LogP contribution in [0.15, 0.2) is 48.6 Å². The summed E-state index contributed by atoms with van der Waals surface area (Å²) in [6.07, 6.45) is 0.188. The van der Waals surface area contributed by atoms with Gasteiger partial charge in [0, 0.05) is 6.54 Å². The SMILES string of the molecule is CCOC(=O)Nc1ccc(NCc2ccc(F)cc2)nc1N.O=C([O-])C=CC(=O)[O-]. The molecular weight excluding hydrogens is 399 g/mol. The van der Waals surface area contributed by atoms with E-state index in [1.807, 2.05) is 0 Å². The standard InChI is InChI=1S/C15H17FN4O2.C4H4O4/c1-2-22-15(21)19-12-7-8-13(20-14(12)17)18-9-10-3-5-11(16)6-4-10;5-3(6)1-2-4(7)8/h3-8H,2,9H2,1H3,(H,19,21)(H3,17,18,20);1-2H,(H,5,6)(H,7,8)/p-2. The van der Waals surface area contributed by atoms with E-state index in [4.69, 9.17) is 10.5 Å². The highest BCUT2D eigenvalue weighted by Crippen LogP contribution is 2.19. The molecule has 4 N–H and O–H groups in total. The summed E-state index contributed by atoms with van der Waals surface area (Å²) in [5.41, 5.74) is 7.08. The zero-order valence-corrected chi connectivity index (χ0v) is 15.9. The molecule has 1 aromatic carbocycles. The van der Waals surface area contributed by atoms with Crippen molar-refractivity contribution in [1.29, 1.82) is 0 Å². The van der Waals surface area contributed by atoms with Crippen LogP contribution in [0.3, 0.4) is 0 Å². The van der Waals surface area contributed by atoms with E-state index >= 15 is 0 Å². The molecule has 0 saturated carbocycles. The minimum Gasteiger partial charge on any atom is -0.545 e. The molecule has 10 nitrogen and oxygen atoms in total. The average Bonchev–Trinajstić information content (AvgIpc) is 2.68. The minimum absolute atomic E-state index is 0.178. The Morgan fingerprint density at radius 3 is 2.20 bits per heavy atom. The number of nitrogens with two attached hydrogens (primary N) is 1. The van der Waals surface area contributed by atoms with Gasteiger partial charge in [0.05, 0.1) is 24.2 Å². The zero-order chi connectivity index (χ0) is 22.5. The number of nitrogens with zero attached hydrogens (tertiary/aromatic N) is 1. The van der Waals surface area contributed by atoms with E-state index in [9.17, 15) is 29.0 Å². The van der Waals surface area contributed by atoms with E-state index in [1.54, 1.807) is 31.2 Å². The maximum Gasteiger partial charge on any atom is 0.411 e. The summed E-state index contributed by atoms with van der Waals surface area (Å²) in [6.45, 7) is 2.47. The monoisotopic (exact) mass is 418 g/mol. The highest BCUT2D eigenvalue weighted by atomic mass is 19.1. The lowest BCUT2D eigenvalue weighted by molar-refractivity contribution is -0.301. The van der Waals surface area contributed by atoms with Crippen LogP contribution in [0.2, 0.25) is 0 Å². The molecule has 0 bridgehead atoms. The molecule has 0 unspecified atom stereocenters. The Hall–Kier alpha value is -4.15. The van der Waals surface area contributed by atoms with Gasteiger partial charge in [-0.1, -0.05) is 12.1 Å². The summed E-state index contributed by atoms with van der Waals surface area (Å²) < 4.78 is 17.6. The summed E-state index contributed by atoms with van der Waals surface area (Å²) in [4.78, 5) is 34.3. The molecule has 0 aliphatic rings. The number of pyridine rings is 1. The fraction of sp³-hybridized carbons (Fsp3) is 0.158. The van der Waals surface area contributed by atoms with Crippen LogP contribution in [0.4, 0.5) is 26.5 Å². The van der Waals surface area contributed by atoms with Gasteiger partial charge in [-0.15, -0.1) is 0 Å². The number of rotatable bonds is 7. The van der Waals surface area contributed by atoms with Gasteiger partial charge < -0.3 is 35.6 Å². The van der Waals surface area contributed by atoms with Crippen molar-refractivity contribution in [2.24, 2.45) is 0 Å². The third-order valence-corrected chi connectivity index (χ3v) is 3.18. The summed E-state index contributed by atoms with van der Waals surface area (Å²) in [5, 5.41) is 24.4. The topological polar surface area (TPSA) is 170 Å². The number of hydrogen-bond acceptors (Lipinski definition) is 9. The van der Waals surface area contributed by atoms with Gasteiger partial charge in [0.1, 0.15) is 17.5 Å². The molecule has 0 aliphatic carbocycles. The third kappa shape index (κ3) is 9.69. The number of hydrogen-bond donors (Lipinski definition) is 3. The molecule has 160 valence electrons. The molecule has 0 radical (unpaired) electrons. The van der Waals surface area contributed by atoms with Crippen molar-refractivity contribution < 1.29 is 33.7 Å². The van der Waals surface area contributed by atoms with Crippen LogP contribution in [0, 0.1) is 5.82 Å². The van der Waals surface area contributed by atoms with Crippen LogP contribution in [0.1, 0.15) is 12.5 Å². The maximum absolute atomic E-state index is 12.8. The normalized spacial score (nSPS) is 9.93. The minimum atomic E-state index is -1.55. The van der Waals surface area contributed by atoms with Crippen molar-refractivity contribution in [1.82, 2.24) is 4.98 Å². The lowest BCUT2D eigenvalue weighted by atomic mass is 10.2. The van der Waals surface area contributed by atoms with E-state index in [0.717, 1.165) is 5.56 Å². The number of ether oxygens (including phenoxy) is 1. The van der Waals surface area contributed by atoms with Crippen molar-refractivity contribution in [3.05, 3.63) is 59.9 Å². The van der Waals surface area contributed by atoms with Crippen LogP contribution < -0.4 is 26.6 Å². The Morgan fingerprint density at radius 1 is 1.10 bits per heavy atom. The largest absolute Gasteiger partial charge is 0.545 e. The molecule has 2 rings (SSSR count). The molecule has 0 fully saturated rings. The van der Waals surface area contributed by atoms with Crippen molar-refractivity contribution in [3.63, 3.8) is 0 Å². The first-order chi connectivity index (χ1) is 14.2. The van der Waals surface area contributed by atoms with E-state index in [0.29, 0.717) is 30.2 Å². The first kappa shape index (κ1) is 23.9. The summed E-state index contributed by atoms with van der Waals surface area (Å²) in [6, 6.07) is 9.47. The fourth-order valence-corrected chi connectivity index (χ4v) is 1.89. The Bertz CT molecular complexity index is 886. The number of carbonyl (C=O) groups excluding carboxylic acids is 3. The number of nitrogen functional groups attached to an aromatic ring is 1. The summed E-state index contributed by atoms with van der Waals surface area (Å²) in [7, 11) is 0.